The van der Waals surface area contributed by atoms with Crippen molar-refractivity contribution in [3.8, 4) is 0 Å². The van der Waals surface area contributed by atoms with Gasteiger partial charge in [0.1, 0.15) is 0 Å². The van der Waals surface area contributed by atoms with Gasteiger partial charge in [-0.1, -0.05) is 71.3 Å². The van der Waals surface area contributed by atoms with E-state index in [9.17, 15) is 9.59 Å². The maximum atomic E-state index is 12.7. The molecule has 0 aliphatic carbocycles. The molecule has 0 radical (unpaired) electrons. The third kappa shape index (κ3) is 4.80. The summed E-state index contributed by atoms with van der Waals surface area (Å²) in [6.07, 6.45) is 1.49. The summed E-state index contributed by atoms with van der Waals surface area (Å²) in [7, 11) is -5.32. The van der Waals surface area contributed by atoms with Crippen LogP contribution in [0.15, 0.2) is 15.8 Å². The summed E-state index contributed by atoms with van der Waals surface area (Å²) in [5.74, 6) is 0. The normalized spacial score (nSPS) is 29.5. The molecule has 0 bridgehead atoms. The number of thioether (sulfide) groups is 1. The van der Waals surface area contributed by atoms with Crippen molar-refractivity contribution in [3.63, 3.8) is 0 Å². The van der Waals surface area contributed by atoms with E-state index in [-0.39, 0.29) is 49.3 Å². The first kappa shape index (κ1) is 27.4. The SMILES string of the molecule is Cc1cn([C@@H]2S[C@@H]3CO[Si](C(C)C)(C(C)C)O[Si](C(C)C)(C(C)C)O[C@H]3[C@H]2Br)c(=O)[nH]c1=O. The fraction of sp³-hybridized carbons (Fsp3) is 0.818. The van der Waals surface area contributed by atoms with Gasteiger partial charge in [0.2, 0.25) is 0 Å². The minimum atomic E-state index is -2.72. The van der Waals surface area contributed by atoms with E-state index in [4.69, 9.17) is 13.0 Å². The number of aromatic nitrogens is 2. The molecular formula is C22H39BrN2O5SSi2. The molecule has 2 aliphatic rings. The third-order valence-electron chi connectivity index (χ3n) is 7.02. The van der Waals surface area contributed by atoms with E-state index < -0.39 is 22.8 Å². The van der Waals surface area contributed by atoms with Crippen molar-refractivity contribution < 1.29 is 13.0 Å². The Morgan fingerprint density at radius 1 is 1.03 bits per heavy atom. The summed E-state index contributed by atoms with van der Waals surface area (Å²) < 4.78 is 22.9. The van der Waals surface area contributed by atoms with Crippen molar-refractivity contribution in [2.75, 3.05) is 6.61 Å². The number of aromatic amines is 1. The van der Waals surface area contributed by atoms with Crippen molar-refractivity contribution in [1.29, 1.82) is 0 Å². The molecule has 7 nitrogen and oxygen atoms in total. The molecule has 0 saturated carbocycles. The van der Waals surface area contributed by atoms with E-state index >= 15 is 0 Å². The monoisotopic (exact) mass is 578 g/mol. The number of alkyl halides is 1. The first-order valence-corrected chi connectivity index (χ1v) is 17.7. The third-order valence-corrected chi connectivity index (χ3v) is 20.2. The number of nitrogens with one attached hydrogen (secondary N) is 1. The van der Waals surface area contributed by atoms with Gasteiger partial charge in [-0.25, -0.2) is 4.79 Å². The van der Waals surface area contributed by atoms with Crippen LogP contribution in [0.2, 0.25) is 22.2 Å². The topological polar surface area (TPSA) is 82.6 Å². The Morgan fingerprint density at radius 2 is 1.58 bits per heavy atom. The minimum absolute atomic E-state index is 0.0520. The molecule has 1 aromatic rings. The van der Waals surface area contributed by atoms with Crippen molar-refractivity contribution in [3.05, 3.63) is 32.6 Å². The van der Waals surface area contributed by atoms with Gasteiger partial charge in [-0.15, -0.1) is 11.8 Å². The lowest BCUT2D eigenvalue weighted by molar-refractivity contribution is 0.0744. The number of rotatable bonds is 5. The zero-order valence-electron chi connectivity index (χ0n) is 21.2. The highest BCUT2D eigenvalue weighted by molar-refractivity contribution is 9.09. The molecule has 0 amide bonds. The zero-order valence-corrected chi connectivity index (χ0v) is 25.6. The average Bonchev–Trinajstić information content (AvgIpc) is 2.98. The van der Waals surface area contributed by atoms with Crippen LogP contribution in [0.25, 0.3) is 0 Å². The largest absolute Gasteiger partial charge is 0.414 e. The van der Waals surface area contributed by atoms with Gasteiger partial charge in [-0.05, 0) is 29.1 Å². The highest BCUT2D eigenvalue weighted by atomic mass is 79.9. The number of aryl methyl sites for hydroxylation is 1. The van der Waals surface area contributed by atoms with Crippen molar-refractivity contribution in [1.82, 2.24) is 9.55 Å². The van der Waals surface area contributed by atoms with E-state index in [0.29, 0.717) is 12.2 Å². The summed E-state index contributed by atoms with van der Waals surface area (Å²) in [4.78, 5) is 26.9. The Bertz CT molecular complexity index is 951. The maximum absolute atomic E-state index is 12.7. The molecule has 0 unspecified atom stereocenters. The number of halogens is 1. The van der Waals surface area contributed by atoms with Crippen molar-refractivity contribution >= 4 is 44.8 Å². The molecule has 1 aromatic heterocycles. The molecule has 11 heteroatoms. The van der Waals surface area contributed by atoms with Crippen LogP contribution in [0.1, 0.15) is 66.3 Å². The van der Waals surface area contributed by atoms with Gasteiger partial charge in [-0.2, -0.15) is 0 Å². The second kappa shape index (κ2) is 10.1. The van der Waals surface area contributed by atoms with Gasteiger partial charge >= 0.3 is 22.8 Å². The van der Waals surface area contributed by atoms with Gasteiger partial charge < -0.3 is 13.0 Å². The molecule has 2 saturated heterocycles. The van der Waals surface area contributed by atoms with Crippen LogP contribution in [0.5, 0.6) is 0 Å². The van der Waals surface area contributed by atoms with Crippen LogP contribution in [0.4, 0.5) is 0 Å². The summed E-state index contributed by atoms with van der Waals surface area (Å²) in [6.45, 7) is 19.9. The molecular weight excluding hydrogens is 540 g/mol. The molecule has 3 rings (SSSR count). The molecule has 2 fully saturated rings. The average molecular weight is 580 g/mol. The summed E-state index contributed by atoms with van der Waals surface area (Å²) in [5.41, 5.74) is 0.821. The Labute approximate surface area is 212 Å². The van der Waals surface area contributed by atoms with Crippen LogP contribution in [-0.2, 0) is 13.0 Å². The van der Waals surface area contributed by atoms with E-state index in [1.54, 1.807) is 29.4 Å². The van der Waals surface area contributed by atoms with Crippen molar-refractivity contribution in [2.24, 2.45) is 0 Å². The molecule has 4 atom stereocenters. The van der Waals surface area contributed by atoms with E-state index in [1.807, 2.05) is 0 Å². The lowest BCUT2D eigenvalue weighted by Gasteiger charge is -2.51. The van der Waals surface area contributed by atoms with E-state index in [2.05, 4.69) is 76.3 Å². The summed E-state index contributed by atoms with van der Waals surface area (Å²) >= 11 is 5.57. The van der Waals surface area contributed by atoms with Crippen LogP contribution in [0, 0.1) is 6.92 Å². The van der Waals surface area contributed by atoms with E-state index in [1.165, 1.54) is 0 Å². The molecule has 33 heavy (non-hydrogen) atoms. The Balaban J connectivity index is 2.10. The smallest absolute Gasteiger partial charge is 0.335 e. The first-order chi connectivity index (χ1) is 15.3. The Kier molecular flexibility index (Phi) is 8.36. The zero-order chi connectivity index (χ0) is 24.9. The predicted octanol–water partition coefficient (Wildman–Crippen LogP) is 5.18. The fourth-order valence-corrected chi connectivity index (χ4v) is 19.6. The van der Waals surface area contributed by atoms with Gasteiger partial charge in [0.05, 0.1) is 28.2 Å². The molecule has 188 valence electrons. The number of H-pyrrole nitrogens is 1. The van der Waals surface area contributed by atoms with Crippen LogP contribution in [0.3, 0.4) is 0 Å². The Morgan fingerprint density at radius 3 is 2.09 bits per heavy atom. The van der Waals surface area contributed by atoms with Crippen LogP contribution < -0.4 is 11.2 Å². The molecule has 3 heterocycles. The van der Waals surface area contributed by atoms with Gasteiger partial charge in [0, 0.05) is 11.8 Å². The summed E-state index contributed by atoms with van der Waals surface area (Å²) in [6, 6.07) is 0. The first-order valence-electron chi connectivity index (χ1n) is 11.9. The summed E-state index contributed by atoms with van der Waals surface area (Å²) in [5, 5.41) is -0.166. The van der Waals surface area contributed by atoms with Gasteiger partial charge in [-0.3, -0.25) is 14.3 Å². The van der Waals surface area contributed by atoms with Gasteiger partial charge in [0.25, 0.3) is 5.56 Å². The molecule has 0 spiro atoms. The lowest BCUT2D eigenvalue weighted by Crippen LogP contribution is -2.65. The number of nitrogens with zero attached hydrogens (tertiary/aromatic N) is 1. The quantitative estimate of drug-likeness (QED) is 0.383. The number of fused-ring (bicyclic) bond motifs is 1. The number of hydrogen-bond donors (Lipinski definition) is 1. The maximum Gasteiger partial charge on any atom is 0.335 e. The van der Waals surface area contributed by atoms with Gasteiger partial charge in [0.15, 0.2) is 0 Å². The Hall–Kier alpha value is -0.176. The fourth-order valence-electron chi connectivity index (χ4n) is 5.11. The predicted molar refractivity (Wildman–Crippen MR) is 143 cm³/mol. The lowest BCUT2D eigenvalue weighted by atomic mass is 10.2. The second-order valence-electron chi connectivity index (χ2n) is 10.5. The molecule has 1 N–H and O–H groups in total. The van der Waals surface area contributed by atoms with Crippen LogP contribution in [-0.4, -0.2) is 49.5 Å². The number of hydrogen-bond acceptors (Lipinski definition) is 6. The second-order valence-corrected chi connectivity index (χ2v) is 21.8. The molecule has 0 aromatic carbocycles. The van der Waals surface area contributed by atoms with Crippen molar-refractivity contribution in [2.45, 2.75) is 106 Å². The highest BCUT2D eigenvalue weighted by Crippen LogP contribution is 2.53. The van der Waals surface area contributed by atoms with E-state index in [0.717, 1.165) is 0 Å². The standard InChI is InChI=1S/C22H39BrN2O5SSi2/c1-12(2)32(13(3)4)28-11-17-19(29-33(30-32,14(5)6)15(7)8)18(23)21(31-17)25-10-16(9)20(26)24-22(25)27/h10,12-15,17-19,21H,11H2,1-9H3,(H,24,26,27)/t17-,18-,19-,21-/m1/s1. The highest BCUT2D eigenvalue weighted by Gasteiger charge is 2.61. The molecule has 2 aliphatic heterocycles. The van der Waals surface area contributed by atoms with Crippen LogP contribution >= 0.6 is 27.7 Å². The minimum Gasteiger partial charge on any atom is -0.414 e.